The number of esters is 1. The third kappa shape index (κ3) is 1.41. The highest BCUT2D eigenvalue weighted by molar-refractivity contribution is 5.79. The topological polar surface area (TPSA) is 26.3 Å². The van der Waals surface area contributed by atoms with Crippen molar-refractivity contribution in [2.24, 2.45) is 11.8 Å². The van der Waals surface area contributed by atoms with Gasteiger partial charge in [0.25, 0.3) is 0 Å². The van der Waals surface area contributed by atoms with E-state index in [0.717, 1.165) is 5.56 Å². The van der Waals surface area contributed by atoms with E-state index in [4.69, 9.17) is 4.74 Å². The molecular formula is C12H14O2. The Bertz CT molecular complexity index is 329. The second kappa shape index (κ2) is 3.45. The van der Waals surface area contributed by atoms with Crippen molar-refractivity contribution in [1.82, 2.24) is 0 Å². The van der Waals surface area contributed by atoms with Gasteiger partial charge in [-0.2, -0.15) is 0 Å². The van der Waals surface area contributed by atoms with E-state index in [2.05, 4.69) is 13.8 Å². The molecule has 74 valence electrons. The van der Waals surface area contributed by atoms with Gasteiger partial charge in [-0.25, -0.2) is 0 Å². The summed E-state index contributed by atoms with van der Waals surface area (Å²) in [5, 5.41) is 0. The average Bonchev–Trinajstić information content (AvgIpc) is 2.14. The van der Waals surface area contributed by atoms with E-state index in [1.54, 1.807) is 0 Å². The van der Waals surface area contributed by atoms with Gasteiger partial charge in [-0.05, 0) is 11.5 Å². The smallest absolute Gasteiger partial charge is 0.313 e. The summed E-state index contributed by atoms with van der Waals surface area (Å²) in [7, 11) is 0. The van der Waals surface area contributed by atoms with Crippen LogP contribution in [0.25, 0.3) is 0 Å². The molecule has 0 spiro atoms. The van der Waals surface area contributed by atoms with Gasteiger partial charge in [0.2, 0.25) is 0 Å². The third-order valence-electron chi connectivity index (χ3n) is 2.69. The van der Waals surface area contributed by atoms with Crippen LogP contribution in [0.4, 0.5) is 0 Å². The Kier molecular flexibility index (Phi) is 2.28. The van der Waals surface area contributed by atoms with Gasteiger partial charge in [0.1, 0.15) is 12.0 Å². The normalized spacial score (nSPS) is 25.8. The Morgan fingerprint density at radius 2 is 1.86 bits per heavy atom. The molecule has 0 aliphatic carbocycles. The minimum atomic E-state index is -0.0612. The molecule has 2 heteroatoms. The maximum atomic E-state index is 11.2. The molecule has 0 radical (unpaired) electrons. The maximum absolute atomic E-state index is 11.2. The fourth-order valence-corrected chi connectivity index (χ4v) is 1.87. The second-order valence-electron chi connectivity index (χ2n) is 4.04. The molecule has 0 amide bonds. The number of benzene rings is 1. The highest BCUT2D eigenvalue weighted by Crippen LogP contribution is 2.40. The number of hydrogen-bond acceptors (Lipinski definition) is 2. The Hall–Kier alpha value is -1.31. The molecule has 2 atom stereocenters. The first-order valence-electron chi connectivity index (χ1n) is 4.95. The molecule has 2 rings (SSSR count). The summed E-state index contributed by atoms with van der Waals surface area (Å²) < 4.78 is 5.16. The van der Waals surface area contributed by atoms with E-state index in [1.165, 1.54) is 0 Å². The van der Waals surface area contributed by atoms with E-state index >= 15 is 0 Å². The molecular weight excluding hydrogens is 176 g/mol. The monoisotopic (exact) mass is 190 g/mol. The quantitative estimate of drug-likeness (QED) is 0.670. The van der Waals surface area contributed by atoms with E-state index in [-0.39, 0.29) is 18.0 Å². The Labute approximate surface area is 83.9 Å². The molecule has 0 N–H and O–H groups in total. The molecule has 1 fully saturated rings. The lowest BCUT2D eigenvalue weighted by molar-refractivity contribution is -0.190. The summed E-state index contributed by atoms with van der Waals surface area (Å²) in [6.07, 6.45) is -0.0244. The first-order chi connectivity index (χ1) is 6.70. The van der Waals surface area contributed by atoms with Crippen molar-refractivity contribution in [2.75, 3.05) is 0 Å². The highest BCUT2D eigenvalue weighted by Gasteiger charge is 2.44. The summed E-state index contributed by atoms with van der Waals surface area (Å²) in [6, 6.07) is 9.92. The van der Waals surface area contributed by atoms with Crippen LogP contribution in [0.3, 0.4) is 0 Å². The molecule has 0 aromatic heterocycles. The zero-order valence-electron chi connectivity index (χ0n) is 8.44. The Morgan fingerprint density at radius 3 is 2.36 bits per heavy atom. The van der Waals surface area contributed by atoms with Crippen LogP contribution in [0, 0.1) is 11.8 Å². The summed E-state index contributed by atoms with van der Waals surface area (Å²) in [5.41, 5.74) is 1.10. The summed E-state index contributed by atoms with van der Waals surface area (Å²) in [4.78, 5) is 11.2. The molecule has 1 aliphatic rings. The molecule has 2 nitrogen and oxygen atoms in total. The molecule has 1 aliphatic heterocycles. The van der Waals surface area contributed by atoms with Crippen LogP contribution in [0.2, 0.25) is 0 Å². The molecule has 0 saturated carbocycles. The Morgan fingerprint density at radius 1 is 1.21 bits per heavy atom. The molecule has 14 heavy (non-hydrogen) atoms. The van der Waals surface area contributed by atoms with Crippen molar-refractivity contribution in [3.63, 3.8) is 0 Å². The number of carbonyl (C=O) groups excluding carboxylic acids is 1. The summed E-state index contributed by atoms with van der Waals surface area (Å²) >= 11 is 0. The third-order valence-corrected chi connectivity index (χ3v) is 2.69. The average molecular weight is 190 g/mol. The van der Waals surface area contributed by atoms with Gasteiger partial charge in [-0.1, -0.05) is 44.2 Å². The van der Waals surface area contributed by atoms with Gasteiger partial charge < -0.3 is 4.74 Å². The zero-order valence-corrected chi connectivity index (χ0v) is 8.44. The SMILES string of the molecule is CC(C)[C@H]1C(=O)O[C@H]1c1ccccc1. The highest BCUT2D eigenvalue weighted by atomic mass is 16.6. The predicted octanol–water partition coefficient (Wildman–Crippen LogP) is 2.56. The van der Waals surface area contributed by atoms with Crippen molar-refractivity contribution >= 4 is 5.97 Å². The largest absolute Gasteiger partial charge is 0.456 e. The fraction of sp³-hybridized carbons (Fsp3) is 0.417. The number of rotatable bonds is 2. The number of carbonyl (C=O) groups is 1. The first-order valence-corrected chi connectivity index (χ1v) is 4.95. The van der Waals surface area contributed by atoms with Gasteiger partial charge in [-0.3, -0.25) is 4.79 Å². The van der Waals surface area contributed by atoms with Gasteiger partial charge in [-0.15, -0.1) is 0 Å². The number of hydrogen-bond donors (Lipinski definition) is 0. The van der Waals surface area contributed by atoms with E-state index in [0.29, 0.717) is 5.92 Å². The van der Waals surface area contributed by atoms with E-state index in [1.807, 2.05) is 30.3 Å². The first kappa shape index (κ1) is 9.25. The lowest BCUT2D eigenvalue weighted by Crippen LogP contribution is -2.41. The van der Waals surface area contributed by atoms with Gasteiger partial charge in [0.15, 0.2) is 0 Å². The van der Waals surface area contributed by atoms with Crippen LogP contribution in [-0.4, -0.2) is 5.97 Å². The molecule has 1 aromatic carbocycles. The molecule has 1 heterocycles. The van der Waals surface area contributed by atoms with Crippen molar-refractivity contribution in [3.8, 4) is 0 Å². The van der Waals surface area contributed by atoms with Gasteiger partial charge in [0.05, 0.1) is 0 Å². The molecule has 0 bridgehead atoms. The predicted molar refractivity (Wildman–Crippen MR) is 53.6 cm³/mol. The van der Waals surface area contributed by atoms with E-state index < -0.39 is 0 Å². The lowest BCUT2D eigenvalue weighted by atomic mass is 9.82. The van der Waals surface area contributed by atoms with Crippen LogP contribution in [-0.2, 0) is 9.53 Å². The van der Waals surface area contributed by atoms with Crippen LogP contribution in [0.1, 0.15) is 25.5 Å². The van der Waals surface area contributed by atoms with Crippen molar-refractivity contribution in [2.45, 2.75) is 20.0 Å². The number of ether oxygens (including phenoxy) is 1. The Balaban J connectivity index is 2.18. The minimum Gasteiger partial charge on any atom is -0.456 e. The molecule has 1 aromatic rings. The van der Waals surface area contributed by atoms with Crippen molar-refractivity contribution in [3.05, 3.63) is 35.9 Å². The van der Waals surface area contributed by atoms with E-state index in [9.17, 15) is 4.79 Å². The van der Waals surface area contributed by atoms with Gasteiger partial charge in [0, 0.05) is 0 Å². The van der Waals surface area contributed by atoms with Crippen LogP contribution < -0.4 is 0 Å². The minimum absolute atomic E-state index is 0.0244. The van der Waals surface area contributed by atoms with Crippen LogP contribution in [0.15, 0.2) is 30.3 Å². The van der Waals surface area contributed by atoms with Crippen molar-refractivity contribution in [1.29, 1.82) is 0 Å². The van der Waals surface area contributed by atoms with Crippen molar-refractivity contribution < 1.29 is 9.53 Å². The van der Waals surface area contributed by atoms with Crippen LogP contribution >= 0.6 is 0 Å². The standard InChI is InChI=1S/C12H14O2/c1-8(2)10-11(14-12(10)13)9-6-4-3-5-7-9/h3-8,10-11H,1-2H3/t10-,11+/m1/s1. The lowest BCUT2D eigenvalue weighted by Gasteiger charge is -2.37. The van der Waals surface area contributed by atoms with Crippen LogP contribution in [0.5, 0.6) is 0 Å². The fourth-order valence-electron chi connectivity index (χ4n) is 1.87. The summed E-state index contributed by atoms with van der Waals surface area (Å²) in [6.45, 7) is 4.11. The molecule has 1 saturated heterocycles. The second-order valence-corrected chi connectivity index (χ2v) is 4.04. The maximum Gasteiger partial charge on any atom is 0.313 e. The molecule has 0 unspecified atom stereocenters. The zero-order chi connectivity index (χ0) is 10.1. The summed E-state index contributed by atoms with van der Waals surface area (Å²) in [5.74, 6) is 0.327. The van der Waals surface area contributed by atoms with Gasteiger partial charge >= 0.3 is 5.97 Å². The number of cyclic esters (lactones) is 1.